The normalized spacial score (nSPS) is 28.7. The number of halogens is 3. The van der Waals surface area contributed by atoms with Gasteiger partial charge in [0.25, 0.3) is 0 Å². The molecule has 0 unspecified atom stereocenters. The highest BCUT2D eigenvalue weighted by atomic mass is 19.2. The van der Waals surface area contributed by atoms with Crippen LogP contribution in [0, 0.1) is 23.4 Å². The fourth-order valence-corrected chi connectivity index (χ4v) is 5.87. The third-order valence-corrected chi connectivity index (χ3v) is 7.81. The quantitative estimate of drug-likeness (QED) is 0.636. The highest BCUT2D eigenvalue weighted by Gasteiger charge is 2.47. The monoisotopic (exact) mass is 487 g/mol. The zero-order valence-corrected chi connectivity index (χ0v) is 19.2. The molecule has 2 atom stereocenters. The number of carbonyl (C=O) groups excluding carboxylic acids is 2. The first kappa shape index (κ1) is 23.7. The van der Waals surface area contributed by atoms with Crippen LogP contribution in [0.3, 0.4) is 0 Å². The summed E-state index contributed by atoms with van der Waals surface area (Å²) in [4.78, 5) is 26.8. The summed E-state index contributed by atoms with van der Waals surface area (Å²) < 4.78 is 45.6. The maximum Gasteiger partial charge on any atom is 0.418 e. The largest absolute Gasteiger partial charge is 0.446 e. The molecule has 5 rings (SSSR count). The van der Waals surface area contributed by atoms with Crippen molar-refractivity contribution in [3.05, 3.63) is 71.0 Å². The molecule has 2 aromatic rings. The van der Waals surface area contributed by atoms with Gasteiger partial charge in [-0.15, -0.1) is 0 Å². The summed E-state index contributed by atoms with van der Waals surface area (Å²) in [5.41, 5.74) is 0.900. The molecule has 3 amide bonds. The number of urea groups is 1. The van der Waals surface area contributed by atoms with Crippen LogP contribution in [0.15, 0.2) is 42.5 Å². The highest BCUT2D eigenvalue weighted by Crippen LogP contribution is 2.42. The lowest BCUT2D eigenvalue weighted by atomic mass is 9.70. The Morgan fingerprint density at radius 3 is 2.37 bits per heavy atom. The van der Waals surface area contributed by atoms with Gasteiger partial charge in [-0.05, 0) is 85.9 Å². The molecule has 186 valence electrons. The Morgan fingerprint density at radius 1 is 1.00 bits per heavy atom. The molecule has 0 radical (unpaired) electrons. The molecule has 0 bridgehead atoms. The summed E-state index contributed by atoms with van der Waals surface area (Å²) in [5, 5.41) is 6.47. The Labute approximate surface area is 201 Å². The highest BCUT2D eigenvalue weighted by molar-refractivity contribution is 5.93. The summed E-state index contributed by atoms with van der Waals surface area (Å²) in [5.74, 6) is -1.74. The second-order valence-electron chi connectivity index (χ2n) is 9.75. The predicted molar refractivity (Wildman–Crippen MR) is 122 cm³/mol. The van der Waals surface area contributed by atoms with Gasteiger partial charge >= 0.3 is 12.1 Å². The first-order chi connectivity index (χ1) is 16.9. The van der Waals surface area contributed by atoms with Crippen molar-refractivity contribution in [2.45, 2.75) is 49.6 Å². The summed E-state index contributed by atoms with van der Waals surface area (Å²) in [7, 11) is 0. The van der Waals surface area contributed by atoms with Gasteiger partial charge in [0.1, 0.15) is 18.5 Å². The number of cyclic esters (lactones) is 1. The lowest BCUT2D eigenvalue weighted by molar-refractivity contribution is 0.138. The zero-order chi connectivity index (χ0) is 24.6. The van der Waals surface area contributed by atoms with Crippen LogP contribution in [-0.2, 0) is 4.74 Å². The van der Waals surface area contributed by atoms with Crippen LogP contribution in [0.1, 0.15) is 55.2 Å². The third-order valence-electron chi connectivity index (χ3n) is 7.81. The van der Waals surface area contributed by atoms with E-state index in [1.807, 2.05) is 12.1 Å². The first-order valence-corrected chi connectivity index (χ1v) is 12.1. The van der Waals surface area contributed by atoms with E-state index in [9.17, 15) is 22.8 Å². The molecule has 1 aliphatic carbocycles. The molecule has 0 spiro atoms. The number of nitrogens with zero attached hydrogens (tertiary/aromatic N) is 1. The molecule has 2 saturated heterocycles. The average molecular weight is 488 g/mol. The second kappa shape index (κ2) is 9.53. The van der Waals surface area contributed by atoms with Gasteiger partial charge in [-0.3, -0.25) is 0 Å². The van der Waals surface area contributed by atoms with E-state index in [1.54, 1.807) is 0 Å². The van der Waals surface area contributed by atoms with Crippen LogP contribution >= 0.6 is 0 Å². The SMILES string of the molecule is O=C(N[C@@]1(C2CCC(c3ccc(F)cc3)CC2)CCNC1)N1C(=O)OC[C@@H]1c1ccc(F)c(F)c1. The number of carbonyl (C=O) groups is 2. The van der Waals surface area contributed by atoms with E-state index in [2.05, 4.69) is 10.6 Å². The molecule has 2 aromatic carbocycles. The average Bonchev–Trinajstić information content (AvgIpc) is 3.49. The van der Waals surface area contributed by atoms with Gasteiger partial charge in [0.05, 0.1) is 5.54 Å². The van der Waals surface area contributed by atoms with Crippen molar-refractivity contribution in [3.63, 3.8) is 0 Å². The summed E-state index contributed by atoms with van der Waals surface area (Å²) >= 11 is 0. The number of rotatable bonds is 4. The zero-order valence-electron chi connectivity index (χ0n) is 19.2. The van der Waals surface area contributed by atoms with Gasteiger partial charge in [-0.2, -0.15) is 0 Å². The van der Waals surface area contributed by atoms with E-state index in [0.29, 0.717) is 18.0 Å². The van der Waals surface area contributed by atoms with Crippen LogP contribution in [-0.4, -0.2) is 42.3 Å². The number of amides is 3. The van der Waals surface area contributed by atoms with Crippen molar-refractivity contribution in [3.8, 4) is 0 Å². The van der Waals surface area contributed by atoms with E-state index in [1.165, 1.54) is 18.2 Å². The minimum Gasteiger partial charge on any atom is -0.446 e. The molecular formula is C26H28F3N3O3. The molecule has 3 aliphatic rings. The Kier molecular flexibility index (Phi) is 6.44. The molecule has 2 heterocycles. The van der Waals surface area contributed by atoms with Crippen molar-refractivity contribution in [1.29, 1.82) is 0 Å². The summed E-state index contributed by atoms with van der Waals surface area (Å²) in [6, 6.07) is 8.56. The standard InChI is InChI=1S/C26H28F3N3O3/c27-20-8-3-17(4-9-20)16-1-6-19(7-2-16)26(11-12-30-15-26)31-24(33)32-23(14-35-25(32)34)18-5-10-21(28)22(29)13-18/h3-5,8-10,13,16,19,23,30H,1-2,6-7,11-12,14-15H2,(H,31,33)/t16?,19?,23-,26+/m1/s1. The van der Waals surface area contributed by atoms with E-state index >= 15 is 0 Å². The van der Waals surface area contributed by atoms with Gasteiger partial charge < -0.3 is 15.4 Å². The Morgan fingerprint density at radius 2 is 1.71 bits per heavy atom. The lowest BCUT2D eigenvalue weighted by Gasteiger charge is -2.42. The molecule has 0 aromatic heterocycles. The van der Waals surface area contributed by atoms with Crippen LogP contribution in [0.5, 0.6) is 0 Å². The summed E-state index contributed by atoms with van der Waals surface area (Å²) in [6.07, 6.45) is 3.55. The smallest absolute Gasteiger partial charge is 0.418 e. The maximum absolute atomic E-state index is 13.8. The maximum atomic E-state index is 13.8. The molecule has 3 fully saturated rings. The number of ether oxygens (including phenoxy) is 1. The fraction of sp³-hybridized carbons (Fsp3) is 0.462. The van der Waals surface area contributed by atoms with Crippen LogP contribution in [0.4, 0.5) is 22.8 Å². The van der Waals surface area contributed by atoms with Crippen LogP contribution in [0.25, 0.3) is 0 Å². The lowest BCUT2D eigenvalue weighted by Crippen LogP contribution is -2.59. The molecular weight excluding hydrogens is 459 g/mol. The van der Waals surface area contributed by atoms with Crippen LogP contribution < -0.4 is 10.6 Å². The van der Waals surface area contributed by atoms with Gasteiger partial charge in [0, 0.05) is 6.54 Å². The van der Waals surface area contributed by atoms with Crippen LogP contribution in [0.2, 0.25) is 0 Å². The van der Waals surface area contributed by atoms with Gasteiger partial charge in [0.15, 0.2) is 11.6 Å². The molecule has 2 aliphatic heterocycles. The molecule has 6 nitrogen and oxygen atoms in total. The third kappa shape index (κ3) is 4.61. The van der Waals surface area contributed by atoms with Crippen molar-refractivity contribution in [2.75, 3.05) is 19.7 Å². The Bertz CT molecular complexity index is 1100. The van der Waals surface area contributed by atoms with E-state index in [0.717, 1.165) is 61.2 Å². The molecule has 2 N–H and O–H groups in total. The van der Waals surface area contributed by atoms with Crippen molar-refractivity contribution in [1.82, 2.24) is 15.5 Å². The minimum atomic E-state index is -1.04. The van der Waals surface area contributed by atoms with E-state index < -0.39 is 35.3 Å². The van der Waals surface area contributed by atoms with Gasteiger partial charge in [-0.25, -0.2) is 27.7 Å². The van der Waals surface area contributed by atoms with E-state index in [-0.39, 0.29) is 18.3 Å². The Hall–Kier alpha value is -3.07. The second-order valence-corrected chi connectivity index (χ2v) is 9.75. The van der Waals surface area contributed by atoms with Crippen molar-refractivity contribution < 1.29 is 27.5 Å². The van der Waals surface area contributed by atoms with E-state index in [4.69, 9.17) is 4.74 Å². The first-order valence-electron chi connectivity index (χ1n) is 12.1. The number of benzene rings is 2. The topological polar surface area (TPSA) is 70.7 Å². The molecule has 1 saturated carbocycles. The number of nitrogens with one attached hydrogen (secondary N) is 2. The predicted octanol–water partition coefficient (Wildman–Crippen LogP) is 5.01. The Balaban J connectivity index is 1.30. The summed E-state index contributed by atoms with van der Waals surface area (Å²) in [6.45, 7) is 1.21. The minimum absolute atomic E-state index is 0.120. The number of hydrogen-bond donors (Lipinski definition) is 2. The number of imide groups is 1. The van der Waals surface area contributed by atoms with Gasteiger partial charge in [-0.1, -0.05) is 18.2 Å². The number of hydrogen-bond acceptors (Lipinski definition) is 4. The molecule has 35 heavy (non-hydrogen) atoms. The van der Waals surface area contributed by atoms with Gasteiger partial charge in [0.2, 0.25) is 0 Å². The van der Waals surface area contributed by atoms with Crippen molar-refractivity contribution >= 4 is 12.1 Å². The molecule has 9 heteroatoms. The van der Waals surface area contributed by atoms with Crippen molar-refractivity contribution in [2.24, 2.45) is 5.92 Å². The fourth-order valence-electron chi connectivity index (χ4n) is 5.87.